The highest BCUT2D eigenvalue weighted by molar-refractivity contribution is 6.30. The third kappa shape index (κ3) is 4.64. The van der Waals surface area contributed by atoms with E-state index in [0.717, 1.165) is 0 Å². The summed E-state index contributed by atoms with van der Waals surface area (Å²) in [5.74, 6) is 1.63. The predicted molar refractivity (Wildman–Crippen MR) is 94.3 cm³/mol. The topological polar surface area (TPSA) is 89.7 Å². The highest BCUT2D eigenvalue weighted by Gasteiger charge is 2.33. The molecule has 2 heterocycles. The molecule has 1 aliphatic rings. The molecule has 2 amide bonds. The quantitative estimate of drug-likeness (QED) is 0.793. The van der Waals surface area contributed by atoms with Gasteiger partial charge in [0.25, 0.3) is 0 Å². The smallest absolute Gasteiger partial charge is 0.318 e. The monoisotopic (exact) mass is 380 g/mol. The van der Waals surface area contributed by atoms with Crippen LogP contribution in [0.2, 0.25) is 5.02 Å². The lowest BCUT2D eigenvalue weighted by atomic mass is 10.2. The van der Waals surface area contributed by atoms with Crippen LogP contribution < -0.4 is 10.1 Å². The van der Waals surface area contributed by atoms with Crippen molar-refractivity contribution in [3.05, 3.63) is 41.0 Å². The van der Waals surface area contributed by atoms with Gasteiger partial charge in [0.15, 0.2) is 5.82 Å². The number of carbonyl (C=O) groups excluding carboxylic acids is 1. The number of hydrogen-bond donors (Lipinski definition) is 1. The van der Waals surface area contributed by atoms with Crippen molar-refractivity contribution in [3.8, 4) is 5.75 Å². The van der Waals surface area contributed by atoms with Crippen molar-refractivity contribution in [1.82, 2.24) is 20.4 Å². The van der Waals surface area contributed by atoms with E-state index in [1.807, 2.05) is 12.1 Å². The van der Waals surface area contributed by atoms with Crippen molar-refractivity contribution in [1.29, 1.82) is 0 Å². The van der Waals surface area contributed by atoms with Gasteiger partial charge >= 0.3 is 6.03 Å². The zero-order valence-corrected chi connectivity index (χ0v) is 15.4. The van der Waals surface area contributed by atoms with E-state index in [9.17, 15) is 4.79 Å². The molecule has 1 fully saturated rings. The highest BCUT2D eigenvalue weighted by atomic mass is 35.5. The molecule has 1 N–H and O–H groups in total. The van der Waals surface area contributed by atoms with Crippen molar-refractivity contribution in [2.45, 2.75) is 25.5 Å². The van der Waals surface area contributed by atoms with Gasteiger partial charge in [-0.05, 0) is 25.1 Å². The number of benzene rings is 1. The van der Waals surface area contributed by atoms with Crippen LogP contribution in [0.1, 0.15) is 24.7 Å². The highest BCUT2D eigenvalue weighted by Crippen LogP contribution is 2.22. The van der Waals surface area contributed by atoms with Crippen LogP contribution >= 0.6 is 11.6 Å². The SMILES string of the molecule is COCCc1noc(C(C)NC(=O)N2CC(Oc3cccc(Cl)c3)C2)n1. The molecule has 0 radical (unpaired) electrons. The number of rotatable bonds is 7. The molecule has 2 aromatic rings. The molecule has 8 nitrogen and oxygen atoms in total. The van der Waals surface area contributed by atoms with Crippen LogP contribution in [-0.4, -0.2) is 54.0 Å². The van der Waals surface area contributed by atoms with Gasteiger partial charge < -0.3 is 24.2 Å². The second-order valence-corrected chi connectivity index (χ2v) is 6.50. The molecule has 1 atom stereocenters. The average Bonchev–Trinajstić information content (AvgIpc) is 3.05. The molecular weight excluding hydrogens is 360 g/mol. The minimum atomic E-state index is -0.376. The number of likely N-dealkylation sites (tertiary alicyclic amines) is 1. The van der Waals surface area contributed by atoms with Crippen molar-refractivity contribution >= 4 is 17.6 Å². The largest absolute Gasteiger partial charge is 0.487 e. The molecule has 140 valence electrons. The first kappa shape index (κ1) is 18.5. The second-order valence-electron chi connectivity index (χ2n) is 6.07. The number of hydrogen-bond acceptors (Lipinski definition) is 6. The van der Waals surface area contributed by atoms with E-state index in [1.54, 1.807) is 31.1 Å². The Morgan fingerprint density at radius 3 is 3.04 bits per heavy atom. The minimum Gasteiger partial charge on any atom is -0.487 e. The Balaban J connectivity index is 1.43. The molecule has 1 aromatic heterocycles. The van der Waals surface area contributed by atoms with E-state index in [0.29, 0.717) is 48.6 Å². The van der Waals surface area contributed by atoms with Gasteiger partial charge in [-0.15, -0.1) is 0 Å². The van der Waals surface area contributed by atoms with E-state index < -0.39 is 0 Å². The Morgan fingerprint density at radius 1 is 1.50 bits per heavy atom. The van der Waals surface area contributed by atoms with Gasteiger partial charge in [0.05, 0.1) is 19.7 Å². The van der Waals surface area contributed by atoms with Gasteiger partial charge in [-0.3, -0.25) is 0 Å². The van der Waals surface area contributed by atoms with Crippen molar-refractivity contribution in [2.24, 2.45) is 0 Å². The molecule has 1 aromatic carbocycles. The second kappa shape index (κ2) is 8.37. The predicted octanol–water partition coefficient (Wildman–Crippen LogP) is 2.45. The number of urea groups is 1. The Labute approximate surface area is 156 Å². The number of halogens is 1. The fourth-order valence-electron chi connectivity index (χ4n) is 2.49. The molecule has 9 heteroatoms. The van der Waals surface area contributed by atoms with E-state index in [1.165, 1.54) is 0 Å². The first-order chi connectivity index (χ1) is 12.5. The first-order valence-corrected chi connectivity index (χ1v) is 8.72. The summed E-state index contributed by atoms with van der Waals surface area (Å²) in [6.07, 6.45) is 0.522. The van der Waals surface area contributed by atoms with Crippen LogP contribution in [0.15, 0.2) is 28.8 Å². The van der Waals surface area contributed by atoms with Crippen LogP contribution in [0.5, 0.6) is 5.75 Å². The molecule has 0 spiro atoms. The van der Waals surface area contributed by atoms with Crippen molar-refractivity contribution < 1.29 is 18.8 Å². The maximum absolute atomic E-state index is 12.3. The Kier molecular flexibility index (Phi) is 5.95. The standard InChI is InChI=1S/C17H21ClN4O4/c1-11(16-20-15(21-26-16)6-7-24-2)19-17(23)22-9-14(10-22)25-13-5-3-4-12(18)8-13/h3-5,8,11,14H,6-7,9-10H2,1-2H3,(H,19,23). The summed E-state index contributed by atoms with van der Waals surface area (Å²) in [5.41, 5.74) is 0. The van der Waals surface area contributed by atoms with E-state index >= 15 is 0 Å². The summed E-state index contributed by atoms with van der Waals surface area (Å²) in [7, 11) is 1.61. The van der Waals surface area contributed by atoms with E-state index in [4.69, 9.17) is 25.6 Å². The van der Waals surface area contributed by atoms with Gasteiger partial charge in [-0.25, -0.2) is 4.79 Å². The third-order valence-electron chi connectivity index (χ3n) is 3.96. The number of methoxy groups -OCH3 is 1. The summed E-state index contributed by atoms with van der Waals surface area (Å²) < 4.78 is 15.9. The van der Waals surface area contributed by atoms with E-state index in [-0.39, 0.29) is 18.2 Å². The molecular formula is C17H21ClN4O4. The summed E-state index contributed by atoms with van der Waals surface area (Å²) in [4.78, 5) is 18.2. The number of nitrogens with one attached hydrogen (secondary N) is 1. The van der Waals surface area contributed by atoms with E-state index in [2.05, 4.69) is 15.5 Å². The third-order valence-corrected chi connectivity index (χ3v) is 4.19. The van der Waals surface area contributed by atoms with Crippen molar-refractivity contribution in [2.75, 3.05) is 26.8 Å². The lowest BCUT2D eigenvalue weighted by molar-refractivity contribution is 0.0432. The molecule has 1 saturated heterocycles. The van der Waals surface area contributed by atoms with Gasteiger partial charge in [-0.1, -0.05) is 22.8 Å². The van der Waals surface area contributed by atoms with Gasteiger partial charge in [0.2, 0.25) is 5.89 Å². The summed E-state index contributed by atoms with van der Waals surface area (Å²) in [6.45, 7) is 3.33. The van der Waals surface area contributed by atoms with Crippen LogP contribution in [0, 0.1) is 0 Å². The molecule has 0 saturated carbocycles. The average molecular weight is 381 g/mol. The Hall–Kier alpha value is -2.32. The van der Waals surface area contributed by atoms with Crippen LogP contribution in [-0.2, 0) is 11.2 Å². The maximum atomic E-state index is 12.3. The Bertz CT molecular complexity index is 748. The zero-order valence-electron chi connectivity index (χ0n) is 14.6. The van der Waals surface area contributed by atoms with Crippen LogP contribution in [0.4, 0.5) is 4.79 Å². The first-order valence-electron chi connectivity index (χ1n) is 8.34. The number of amides is 2. The van der Waals surface area contributed by atoms with Crippen LogP contribution in [0.3, 0.4) is 0 Å². The molecule has 3 rings (SSSR count). The van der Waals surface area contributed by atoms with Crippen LogP contribution in [0.25, 0.3) is 0 Å². The molecule has 1 aliphatic heterocycles. The summed E-state index contributed by atoms with van der Waals surface area (Å²) >= 11 is 5.93. The molecule has 0 bridgehead atoms. The lowest BCUT2D eigenvalue weighted by Crippen LogP contribution is -2.59. The summed E-state index contributed by atoms with van der Waals surface area (Å²) in [6, 6.07) is 6.64. The Morgan fingerprint density at radius 2 is 2.31 bits per heavy atom. The number of aromatic nitrogens is 2. The molecule has 26 heavy (non-hydrogen) atoms. The fourth-order valence-corrected chi connectivity index (χ4v) is 2.67. The lowest BCUT2D eigenvalue weighted by Gasteiger charge is -2.39. The molecule has 1 unspecified atom stereocenters. The maximum Gasteiger partial charge on any atom is 0.318 e. The number of ether oxygens (including phenoxy) is 2. The fraction of sp³-hybridized carbons (Fsp3) is 0.471. The summed E-state index contributed by atoms with van der Waals surface area (Å²) in [5, 5.41) is 7.33. The minimum absolute atomic E-state index is 0.0430. The van der Waals surface area contributed by atoms with Gasteiger partial charge in [0, 0.05) is 18.6 Å². The van der Waals surface area contributed by atoms with Gasteiger partial charge in [0.1, 0.15) is 17.9 Å². The zero-order chi connectivity index (χ0) is 18.5. The van der Waals surface area contributed by atoms with Gasteiger partial charge in [-0.2, -0.15) is 4.98 Å². The normalized spacial score (nSPS) is 15.4. The van der Waals surface area contributed by atoms with Crippen molar-refractivity contribution in [3.63, 3.8) is 0 Å². The number of nitrogens with zero attached hydrogens (tertiary/aromatic N) is 3. The number of carbonyl (C=O) groups is 1. The molecule has 0 aliphatic carbocycles.